The summed E-state index contributed by atoms with van der Waals surface area (Å²) >= 11 is 6.23. The number of para-hydroxylation sites is 1. The SMILES string of the molecule is CNCc1cccc(Cl)c1OC1CCCCC1. The molecular formula is C14H20ClNO. The van der Waals surface area contributed by atoms with Gasteiger partial charge in [-0.25, -0.2) is 0 Å². The van der Waals surface area contributed by atoms with Gasteiger partial charge in [-0.2, -0.15) is 0 Å². The van der Waals surface area contributed by atoms with Crippen molar-refractivity contribution in [1.82, 2.24) is 5.32 Å². The molecule has 1 N–H and O–H groups in total. The molecule has 0 aromatic heterocycles. The van der Waals surface area contributed by atoms with E-state index in [1.54, 1.807) is 0 Å². The Hall–Kier alpha value is -0.730. The van der Waals surface area contributed by atoms with Crippen molar-refractivity contribution in [2.24, 2.45) is 0 Å². The number of hydrogen-bond acceptors (Lipinski definition) is 2. The van der Waals surface area contributed by atoms with Gasteiger partial charge in [0.25, 0.3) is 0 Å². The summed E-state index contributed by atoms with van der Waals surface area (Å²) in [7, 11) is 1.94. The maximum atomic E-state index is 6.23. The van der Waals surface area contributed by atoms with Crippen molar-refractivity contribution in [3.8, 4) is 5.75 Å². The van der Waals surface area contributed by atoms with E-state index in [1.165, 1.54) is 19.3 Å². The molecule has 0 aliphatic heterocycles. The third-order valence-electron chi connectivity index (χ3n) is 3.25. The van der Waals surface area contributed by atoms with E-state index in [2.05, 4.69) is 11.4 Å². The number of nitrogens with one attached hydrogen (secondary N) is 1. The van der Waals surface area contributed by atoms with Crippen LogP contribution in [0.1, 0.15) is 37.7 Å². The Labute approximate surface area is 108 Å². The third kappa shape index (κ3) is 3.36. The largest absolute Gasteiger partial charge is 0.489 e. The molecule has 2 rings (SSSR count). The first-order chi connectivity index (χ1) is 8.31. The first kappa shape index (κ1) is 12.7. The molecule has 0 atom stereocenters. The van der Waals surface area contributed by atoms with Crippen LogP contribution in [0, 0.1) is 0 Å². The Morgan fingerprint density at radius 1 is 1.29 bits per heavy atom. The predicted octanol–water partition coefficient (Wildman–Crippen LogP) is 3.77. The highest BCUT2D eigenvalue weighted by Crippen LogP contribution is 2.32. The van der Waals surface area contributed by atoms with Crippen LogP contribution in [0.15, 0.2) is 18.2 Å². The van der Waals surface area contributed by atoms with Crippen LogP contribution < -0.4 is 10.1 Å². The molecule has 1 aromatic carbocycles. The molecule has 0 heterocycles. The van der Waals surface area contributed by atoms with E-state index in [9.17, 15) is 0 Å². The van der Waals surface area contributed by atoms with Crippen molar-refractivity contribution in [2.75, 3.05) is 7.05 Å². The molecule has 1 aliphatic rings. The van der Waals surface area contributed by atoms with Gasteiger partial charge < -0.3 is 10.1 Å². The molecule has 0 saturated heterocycles. The van der Waals surface area contributed by atoms with Gasteiger partial charge in [0.1, 0.15) is 5.75 Å². The summed E-state index contributed by atoms with van der Waals surface area (Å²) in [5.41, 5.74) is 1.14. The molecule has 17 heavy (non-hydrogen) atoms. The highest BCUT2D eigenvalue weighted by atomic mass is 35.5. The molecule has 0 unspecified atom stereocenters. The molecule has 3 heteroatoms. The average molecular weight is 254 g/mol. The van der Waals surface area contributed by atoms with Gasteiger partial charge in [0, 0.05) is 12.1 Å². The summed E-state index contributed by atoms with van der Waals surface area (Å²) in [5, 5.41) is 3.88. The fourth-order valence-corrected chi connectivity index (χ4v) is 2.60. The van der Waals surface area contributed by atoms with Gasteiger partial charge in [-0.3, -0.25) is 0 Å². The van der Waals surface area contributed by atoms with Crippen molar-refractivity contribution in [3.05, 3.63) is 28.8 Å². The van der Waals surface area contributed by atoms with Gasteiger partial charge in [-0.1, -0.05) is 30.2 Å². The molecule has 1 aromatic rings. The Balaban J connectivity index is 2.12. The molecule has 0 bridgehead atoms. The van der Waals surface area contributed by atoms with E-state index in [0.29, 0.717) is 6.10 Å². The normalized spacial score (nSPS) is 17.1. The standard InChI is InChI=1S/C14H20ClNO/c1-16-10-11-6-5-9-13(15)14(11)17-12-7-3-2-4-8-12/h5-6,9,12,16H,2-4,7-8,10H2,1H3. The first-order valence-electron chi connectivity index (χ1n) is 6.40. The minimum Gasteiger partial charge on any atom is -0.489 e. The zero-order valence-corrected chi connectivity index (χ0v) is 11.1. The second-order valence-corrected chi connectivity index (χ2v) is 5.04. The highest BCUT2D eigenvalue weighted by Gasteiger charge is 2.17. The lowest BCUT2D eigenvalue weighted by atomic mass is 9.97. The second kappa shape index (κ2) is 6.27. The molecule has 0 radical (unpaired) electrons. The third-order valence-corrected chi connectivity index (χ3v) is 3.55. The Bertz CT molecular complexity index is 361. The van der Waals surface area contributed by atoms with E-state index in [4.69, 9.17) is 16.3 Å². The van der Waals surface area contributed by atoms with Crippen LogP contribution in [0.3, 0.4) is 0 Å². The zero-order valence-electron chi connectivity index (χ0n) is 10.3. The van der Waals surface area contributed by atoms with E-state index in [0.717, 1.165) is 35.7 Å². The van der Waals surface area contributed by atoms with E-state index >= 15 is 0 Å². The number of rotatable bonds is 4. The molecular weight excluding hydrogens is 234 g/mol. The summed E-state index contributed by atoms with van der Waals surface area (Å²) in [4.78, 5) is 0. The fraction of sp³-hybridized carbons (Fsp3) is 0.571. The van der Waals surface area contributed by atoms with Crippen LogP contribution in [0.2, 0.25) is 5.02 Å². The predicted molar refractivity (Wildman–Crippen MR) is 71.7 cm³/mol. The molecule has 94 valence electrons. The first-order valence-corrected chi connectivity index (χ1v) is 6.77. The summed E-state index contributed by atoms with van der Waals surface area (Å²) in [6.07, 6.45) is 6.55. The van der Waals surface area contributed by atoms with Crippen LogP contribution >= 0.6 is 11.6 Å². The summed E-state index contributed by atoms with van der Waals surface area (Å²) in [6.45, 7) is 0.794. The zero-order chi connectivity index (χ0) is 12.1. The summed E-state index contributed by atoms with van der Waals surface area (Å²) in [6, 6.07) is 5.95. The molecule has 2 nitrogen and oxygen atoms in total. The lowest BCUT2D eigenvalue weighted by molar-refractivity contribution is 0.153. The summed E-state index contributed by atoms with van der Waals surface area (Å²) < 4.78 is 6.10. The average Bonchev–Trinajstić information content (AvgIpc) is 2.35. The summed E-state index contributed by atoms with van der Waals surface area (Å²) in [5.74, 6) is 0.871. The Morgan fingerprint density at radius 2 is 2.06 bits per heavy atom. The van der Waals surface area contributed by atoms with Crippen molar-refractivity contribution >= 4 is 11.6 Å². The molecule has 0 spiro atoms. The van der Waals surface area contributed by atoms with Crippen LogP contribution in [0.25, 0.3) is 0 Å². The number of ether oxygens (including phenoxy) is 1. The van der Waals surface area contributed by atoms with Crippen LogP contribution in [-0.2, 0) is 6.54 Å². The van der Waals surface area contributed by atoms with Gasteiger partial charge in [0.15, 0.2) is 0 Å². The Morgan fingerprint density at radius 3 is 2.76 bits per heavy atom. The number of halogens is 1. The van der Waals surface area contributed by atoms with Gasteiger partial charge in [-0.15, -0.1) is 0 Å². The minimum absolute atomic E-state index is 0.347. The maximum Gasteiger partial charge on any atom is 0.142 e. The van der Waals surface area contributed by atoms with Crippen molar-refractivity contribution in [2.45, 2.75) is 44.8 Å². The van der Waals surface area contributed by atoms with Crippen molar-refractivity contribution < 1.29 is 4.74 Å². The monoisotopic (exact) mass is 253 g/mol. The highest BCUT2D eigenvalue weighted by molar-refractivity contribution is 6.32. The van der Waals surface area contributed by atoms with Crippen LogP contribution in [0.5, 0.6) is 5.75 Å². The second-order valence-electron chi connectivity index (χ2n) is 4.64. The van der Waals surface area contributed by atoms with Crippen LogP contribution in [-0.4, -0.2) is 13.2 Å². The van der Waals surface area contributed by atoms with Gasteiger partial charge in [-0.05, 0) is 38.8 Å². The topological polar surface area (TPSA) is 21.3 Å². The van der Waals surface area contributed by atoms with E-state index < -0.39 is 0 Å². The fourth-order valence-electron chi connectivity index (χ4n) is 2.36. The number of hydrogen-bond donors (Lipinski definition) is 1. The van der Waals surface area contributed by atoms with Gasteiger partial charge in [0.05, 0.1) is 11.1 Å². The quantitative estimate of drug-likeness (QED) is 0.882. The Kier molecular flexibility index (Phi) is 4.69. The molecule has 0 amide bonds. The lowest BCUT2D eigenvalue weighted by Gasteiger charge is -2.25. The van der Waals surface area contributed by atoms with Crippen molar-refractivity contribution in [3.63, 3.8) is 0 Å². The molecule has 1 fully saturated rings. The van der Waals surface area contributed by atoms with E-state index in [-0.39, 0.29) is 0 Å². The smallest absolute Gasteiger partial charge is 0.142 e. The number of benzene rings is 1. The van der Waals surface area contributed by atoms with Crippen LogP contribution in [0.4, 0.5) is 0 Å². The minimum atomic E-state index is 0.347. The molecule has 1 aliphatic carbocycles. The van der Waals surface area contributed by atoms with Gasteiger partial charge in [0.2, 0.25) is 0 Å². The van der Waals surface area contributed by atoms with Crippen molar-refractivity contribution in [1.29, 1.82) is 0 Å². The van der Waals surface area contributed by atoms with Gasteiger partial charge >= 0.3 is 0 Å². The lowest BCUT2D eigenvalue weighted by Crippen LogP contribution is -2.21. The maximum absolute atomic E-state index is 6.23. The molecule has 1 saturated carbocycles. The van der Waals surface area contributed by atoms with E-state index in [1.807, 2.05) is 19.2 Å².